The van der Waals surface area contributed by atoms with Crippen LogP contribution < -0.4 is 5.32 Å². The van der Waals surface area contributed by atoms with Gasteiger partial charge in [0.15, 0.2) is 0 Å². The van der Waals surface area contributed by atoms with E-state index in [-0.39, 0.29) is 0 Å². The van der Waals surface area contributed by atoms with E-state index in [1.54, 1.807) is 0 Å². The molecule has 3 nitrogen and oxygen atoms in total. The lowest BCUT2D eigenvalue weighted by atomic mass is 10.3. The fraction of sp³-hybridized carbons (Fsp3) is 0.769. The Balaban J connectivity index is 1.77. The highest BCUT2D eigenvalue weighted by Crippen LogP contribution is 2.28. The summed E-state index contributed by atoms with van der Waals surface area (Å²) >= 11 is 0. The highest BCUT2D eigenvalue weighted by molar-refractivity contribution is 5.00. The molecule has 0 unspecified atom stereocenters. The lowest BCUT2D eigenvalue weighted by Gasteiger charge is -2.08. The van der Waals surface area contributed by atoms with Crippen molar-refractivity contribution >= 4 is 0 Å². The Labute approximate surface area is 98.2 Å². The van der Waals surface area contributed by atoms with Crippen LogP contribution in [0, 0.1) is 0 Å². The highest BCUT2D eigenvalue weighted by Gasteiger charge is 2.17. The SMILES string of the molecule is CCCNCCc1ccn(C2CCCC2)n1. The molecule has 1 aliphatic carbocycles. The van der Waals surface area contributed by atoms with E-state index in [1.807, 2.05) is 0 Å². The predicted octanol–water partition coefficient (Wildman–Crippen LogP) is 2.54. The number of hydrogen-bond acceptors (Lipinski definition) is 2. The maximum absolute atomic E-state index is 4.67. The van der Waals surface area contributed by atoms with Crippen LogP contribution in [0.1, 0.15) is 50.8 Å². The minimum atomic E-state index is 0.678. The largest absolute Gasteiger partial charge is 0.316 e. The van der Waals surface area contributed by atoms with Crippen LogP contribution >= 0.6 is 0 Å². The second-order valence-electron chi connectivity index (χ2n) is 4.73. The zero-order valence-electron chi connectivity index (χ0n) is 10.3. The smallest absolute Gasteiger partial charge is 0.0637 e. The van der Waals surface area contributed by atoms with Crippen molar-refractivity contribution in [3.8, 4) is 0 Å². The van der Waals surface area contributed by atoms with Gasteiger partial charge in [0.25, 0.3) is 0 Å². The number of nitrogens with one attached hydrogen (secondary N) is 1. The number of rotatable bonds is 6. The van der Waals surface area contributed by atoms with Crippen molar-refractivity contribution in [3.05, 3.63) is 18.0 Å². The van der Waals surface area contributed by atoms with Gasteiger partial charge in [-0.25, -0.2) is 0 Å². The molecule has 1 aromatic rings. The zero-order valence-corrected chi connectivity index (χ0v) is 10.3. The van der Waals surface area contributed by atoms with Crippen molar-refractivity contribution < 1.29 is 0 Å². The Morgan fingerprint density at radius 1 is 1.38 bits per heavy atom. The van der Waals surface area contributed by atoms with Gasteiger partial charge in [-0.05, 0) is 31.9 Å². The monoisotopic (exact) mass is 221 g/mol. The summed E-state index contributed by atoms with van der Waals surface area (Å²) in [5.41, 5.74) is 1.23. The third kappa shape index (κ3) is 3.08. The van der Waals surface area contributed by atoms with Crippen molar-refractivity contribution in [1.29, 1.82) is 0 Å². The van der Waals surface area contributed by atoms with Gasteiger partial charge in [-0.15, -0.1) is 0 Å². The first-order chi connectivity index (χ1) is 7.90. The molecule has 1 saturated carbocycles. The molecular formula is C13H23N3. The second-order valence-corrected chi connectivity index (χ2v) is 4.73. The number of hydrogen-bond donors (Lipinski definition) is 1. The molecule has 1 aliphatic rings. The molecule has 0 aliphatic heterocycles. The lowest BCUT2D eigenvalue weighted by molar-refractivity contribution is 0.462. The van der Waals surface area contributed by atoms with Crippen LogP contribution in [0.25, 0.3) is 0 Å². The summed E-state index contributed by atoms with van der Waals surface area (Å²) in [5, 5.41) is 8.08. The average molecular weight is 221 g/mol. The van der Waals surface area contributed by atoms with Gasteiger partial charge in [0.2, 0.25) is 0 Å². The van der Waals surface area contributed by atoms with E-state index in [9.17, 15) is 0 Å². The van der Waals surface area contributed by atoms with Crippen molar-refractivity contribution in [2.75, 3.05) is 13.1 Å². The normalized spacial score (nSPS) is 17.1. The van der Waals surface area contributed by atoms with Crippen molar-refractivity contribution in [3.63, 3.8) is 0 Å². The van der Waals surface area contributed by atoms with Crippen LogP contribution in [0.2, 0.25) is 0 Å². The first-order valence-corrected chi connectivity index (χ1v) is 6.65. The summed E-state index contributed by atoms with van der Waals surface area (Å²) in [4.78, 5) is 0. The maximum Gasteiger partial charge on any atom is 0.0637 e. The van der Waals surface area contributed by atoms with E-state index in [2.05, 4.69) is 34.3 Å². The second kappa shape index (κ2) is 6.04. The van der Waals surface area contributed by atoms with Gasteiger partial charge in [0.05, 0.1) is 11.7 Å². The number of aromatic nitrogens is 2. The molecule has 0 saturated heterocycles. The molecule has 16 heavy (non-hydrogen) atoms. The summed E-state index contributed by atoms with van der Waals surface area (Å²) in [7, 11) is 0. The van der Waals surface area contributed by atoms with Gasteiger partial charge in [0.1, 0.15) is 0 Å². The standard InChI is InChI=1S/C13H23N3/c1-2-9-14-10-7-12-8-11-16(15-12)13-5-3-4-6-13/h8,11,13-14H,2-7,9-10H2,1H3. The Kier molecular flexibility index (Phi) is 4.40. The molecule has 0 atom stereocenters. The Hall–Kier alpha value is -0.830. The van der Waals surface area contributed by atoms with Gasteiger partial charge >= 0.3 is 0 Å². The minimum Gasteiger partial charge on any atom is -0.316 e. The van der Waals surface area contributed by atoms with Crippen molar-refractivity contribution in [2.24, 2.45) is 0 Å². The molecule has 1 N–H and O–H groups in total. The molecule has 0 bridgehead atoms. The highest BCUT2D eigenvalue weighted by atomic mass is 15.3. The fourth-order valence-corrected chi connectivity index (χ4v) is 2.40. The molecule has 1 heterocycles. The Morgan fingerprint density at radius 2 is 2.19 bits per heavy atom. The molecule has 3 heteroatoms. The van der Waals surface area contributed by atoms with Crippen LogP contribution in [0.3, 0.4) is 0 Å². The van der Waals surface area contributed by atoms with Crippen molar-refractivity contribution in [2.45, 2.75) is 51.5 Å². The molecule has 0 aromatic carbocycles. The molecule has 90 valence electrons. The van der Waals surface area contributed by atoms with Crippen LogP contribution in [-0.4, -0.2) is 22.9 Å². The van der Waals surface area contributed by atoms with E-state index < -0.39 is 0 Å². The average Bonchev–Trinajstić information content (AvgIpc) is 2.94. The molecular weight excluding hydrogens is 198 g/mol. The summed E-state index contributed by atoms with van der Waals surface area (Å²) in [5.74, 6) is 0. The van der Waals surface area contributed by atoms with Crippen LogP contribution in [0.15, 0.2) is 12.3 Å². The maximum atomic E-state index is 4.67. The summed E-state index contributed by atoms with van der Waals surface area (Å²) in [6.07, 6.45) is 9.79. The van der Waals surface area contributed by atoms with Gasteiger partial charge < -0.3 is 5.32 Å². The first kappa shape index (κ1) is 11.6. The van der Waals surface area contributed by atoms with Crippen LogP contribution in [0.4, 0.5) is 0 Å². The minimum absolute atomic E-state index is 0.678. The van der Waals surface area contributed by atoms with Crippen LogP contribution in [-0.2, 0) is 6.42 Å². The van der Waals surface area contributed by atoms with E-state index in [4.69, 9.17) is 0 Å². The third-order valence-electron chi connectivity index (χ3n) is 3.35. The quantitative estimate of drug-likeness (QED) is 0.748. The Bertz CT molecular complexity index is 300. The summed E-state index contributed by atoms with van der Waals surface area (Å²) in [6.45, 7) is 4.36. The predicted molar refractivity (Wildman–Crippen MR) is 66.6 cm³/mol. The van der Waals surface area contributed by atoms with E-state index >= 15 is 0 Å². The van der Waals surface area contributed by atoms with E-state index in [0.717, 1.165) is 19.5 Å². The van der Waals surface area contributed by atoms with Crippen molar-refractivity contribution in [1.82, 2.24) is 15.1 Å². The first-order valence-electron chi connectivity index (χ1n) is 6.65. The summed E-state index contributed by atoms with van der Waals surface area (Å²) < 4.78 is 2.18. The van der Waals surface area contributed by atoms with E-state index in [0.29, 0.717) is 6.04 Å². The van der Waals surface area contributed by atoms with E-state index in [1.165, 1.54) is 37.8 Å². The topological polar surface area (TPSA) is 29.9 Å². The fourth-order valence-electron chi connectivity index (χ4n) is 2.40. The molecule has 1 aromatic heterocycles. The van der Waals surface area contributed by atoms with Gasteiger partial charge in [-0.3, -0.25) is 4.68 Å². The van der Waals surface area contributed by atoms with Crippen LogP contribution in [0.5, 0.6) is 0 Å². The molecule has 0 radical (unpaired) electrons. The lowest BCUT2D eigenvalue weighted by Crippen LogP contribution is -2.18. The van der Waals surface area contributed by atoms with Gasteiger partial charge in [-0.1, -0.05) is 19.8 Å². The Morgan fingerprint density at radius 3 is 2.94 bits per heavy atom. The zero-order chi connectivity index (χ0) is 11.2. The molecule has 0 spiro atoms. The summed E-state index contributed by atoms with van der Waals surface area (Å²) in [6, 6.07) is 2.85. The molecule has 2 rings (SSSR count). The van der Waals surface area contributed by atoms with Gasteiger partial charge in [0, 0.05) is 19.2 Å². The third-order valence-corrected chi connectivity index (χ3v) is 3.35. The van der Waals surface area contributed by atoms with Gasteiger partial charge in [-0.2, -0.15) is 5.10 Å². The molecule has 1 fully saturated rings. The molecule has 0 amide bonds. The number of nitrogens with zero attached hydrogens (tertiary/aromatic N) is 2.